The third kappa shape index (κ3) is 4.16. The van der Waals surface area contributed by atoms with Gasteiger partial charge in [0, 0.05) is 13.6 Å². The smallest absolute Gasteiger partial charge is 0.308 e. The molecule has 0 aliphatic rings. The van der Waals surface area contributed by atoms with Crippen LogP contribution in [0.3, 0.4) is 0 Å². The van der Waals surface area contributed by atoms with Gasteiger partial charge in [-0.1, -0.05) is 19.1 Å². The minimum Gasteiger partial charge on any atom is -0.481 e. The minimum absolute atomic E-state index is 0.0700. The fourth-order valence-corrected chi connectivity index (χ4v) is 1.55. The van der Waals surface area contributed by atoms with E-state index in [9.17, 15) is 14.0 Å². The van der Waals surface area contributed by atoms with Crippen LogP contribution in [0.25, 0.3) is 0 Å². The SMILES string of the molecule is CC(CN(C)C(=O)Cc1cccc(F)c1)C(=O)O. The van der Waals surface area contributed by atoms with Crippen molar-refractivity contribution in [1.82, 2.24) is 4.90 Å². The molecule has 0 radical (unpaired) electrons. The summed E-state index contributed by atoms with van der Waals surface area (Å²) >= 11 is 0. The lowest BCUT2D eigenvalue weighted by molar-refractivity contribution is -0.142. The van der Waals surface area contributed by atoms with Crippen LogP contribution in [-0.4, -0.2) is 35.5 Å². The van der Waals surface area contributed by atoms with Crippen LogP contribution >= 0.6 is 0 Å². The molecule has 0 aliphatic carbocycles. The molecule has 0 saturated carbocycles. The summed E-state index contributed by atoms with van der Waals surface area (Å²) in [7, 11) is 1.54. The Kier molecular flexibility index (Phi) is 4.83. The first-order chi connectivity index (χ1) is 8.40. The number of carboxylic acid groups (broad SMARTS) is 1. The van der Waals surface area contributed by atoms with E-state index in [0.29, 0.717) is 5.56 Å². The summed E-state index contributed by atoms with van der Waals surface area (Å²) in [5.74, 6) is -2.18. The number of carbonyl (C=O) groups excluding carboxylic acids is 1. The predicted molar refractivity (Wildman–Crippen MR) is 64.5 cm³/mol. The van der Waals surface area contributed by atoms with Crippen LogP contribution in [0.1, 0.15) is 12.5 Å². The van der Waals surface area contributed by atoms with Gasteiger partial charge in [0.1, 0.15) is 5.82 Å². The second-order valence-electron chi connectivity index (χ2n) is 4.32. The van der Waals surface area contributed by atoms with Crippen molar-refractivity contribution >= 4 is 11.9 Å². The molecule has 98 valence electrons. The van der Waals surface area contributed by atoms with E-state index in [1.165, 1.54) is 30.0 Å². The van der Waals surface area contributed by atoms with Gasteiger partial charge in [-0.05, 0) is 17.7 Å². The zero-order chi connectivity index (χ0) is 13.7. The Hall–Kier alpha value is -1.91. The molecule has 4 nitrogen and oxygen atoms in total. The van der Waals surface area contributed by atoms with Crippen molar-refractivity contribution in [2.75, 3.05) is 13.6 Å². The van der Waals surface area contributed by atoms with Crippen LogP contribution in [0, 0.1) is 11.7 Å². The number of halogens is 1. The van der Waals surface area contributed by atoms with E-state index in [1.807, 2.05) is 0 Å². The van der Waals surface area contributed by atoms with Crippen molar-refractivity contribution in [2.45, 2.75) is 13.3 Å². The molecule has 1 aromatic rings. The average molecular weight is 253 g/mol. The molecule has 1 amide bonds. The Labute approximate surface area is 105 Å². The molecule has 5 heteroatoms. The zero-order valence-corrected chi connectivity index (χ0v) is 10.4. The van der Waals surface area contributed by atoms with Gasteiger partial charge in [-0.3, -0.25) is 9.59 Å². The first-order valence-corrected chi connectivity index (χ1v) is 5.61. The highest BCUT2D eigenvalue weighted by Crippen LogP contribution is 2.07. The molecule has 0 heterocycles. The monoisotopic (exact) mass is 253 g/mol. The van der Waals surface area contributed by atoms with Gasteiger partial charge in [0.15, 0.2) is 0 Å². The molecule has 1 aromatic carbocycles. The topological polar surface area (TPSA) is 57.6 Å². The normalized spacial score (nSPS) is 11.9. The van der Waals surface area contributed by atoms with Crippen molar-refractivity contribution < 1.29 is 19.1 Å². The quantitative estimate of drug-likeness (QED) is 0.866. The number of hydrogen-bond donors (Lipinski definition) is 1. The first-order valence-electron chi connectivity index (χ1n) is 5.61. The lowest BCUT2D eigenvalue weighted by Crippen LogP contribution is -2.34. The Balaban J connectivity index is 2.57. The van der Waals surface area contributed by atoms with E-state index in [4.69, 9.17) is 5.11 Å². The van der Waals surface area contributed by atoms with E-state index in [1.54, 1.807) is 13.1 Å². The standard InChI is InChI=1S/C13H16FNO3/c1-9(13(17)18)8-15(2)12(16)7-10-4-3-5-11(14)6-10/h3-6,9H,7-8H2,1-2H3,(H,17,18). The van der Waals surface area contributed by atoms with Crippen LogP contribution in [-0.2, 0) is 16.0 Å². The summed E-state index contributed by atoms with van der Waals surface area (Å²) in [6.07, 6.45) is 0.0700. The van der Waals surface area contributed by atoms with Crippen molar-refractivity contribution in [3.8, 4) is 0 Å². The number of nitrogens with zero attached hydrogens (tertiary/aromatic N) is 1. The highest BCUT2D eigenvalue weighted by Gasteiger charge is 2.17. The Morgan fingerprint density at radius 1 is 1.44 bits per heavy atom. The number of benzene rings is 1. The predicted octanol–water partition coefficient (Wildman–Crippen LogP) is 1.55. The molecule has 1 N–H and O–H groups in total. The van der Waals surface area contributed by atoms with E-state index < -0.39 is 11.9 Å². The highest BCUT2D eigenvalue weighted by molar-refractivity contribution is 5.79. The summed E-state index contributed by atoms with van der Waals surface area (Å²) in [5.41, 5.74) is 0.579. The number of carbonyl (C=O) groups is 2. The number of carboxylic acids is 1. The van der Waals surface area contributed by atoms with Gasteiger partial charge in [-0.15, -0.1) is 0 Å². The summed E-state index contributed by atoms with van der Waals surface area (Å²) in [5, 5.41) is 8.75. The Morgan fingerprint density at radius 2 is 2.11 bits per heavy atom. The van der Waals surface area contributed by atoms with Gasteiger partial charge < -0.3 is 10.0 Å². The molecule has 1 unspecified atom stereocenters. The van der Waals surface area contributed by atoms with Crippen LogP contribution in [0.2, 0.25) is 0 Å². The van der Waals surface area contributed by atoms with Crippen LogP contribution < -0.4 is 0 Å². The third-order valence-corrected chi connectivity index (χ3v) is 2.64. The summed E-state index contributed by atoms with van der Waals surface area (Å²) < 4.78 is 12.9. The number of rotatable bonds is 5. The maximum absolute atomic E-state index is 12.9. The zero-order valence-electron chi connectivity index (χ0n) is 10.4. The molecule has 1 rings (SSSR count). The van der Waals surface area contributed by atoms with Gasteiger partial charge >= 0.3 is 5.97 Å². The van der Waals surface area contributed by atoms with Crippen molar-refractivity contribution in [3.63, 3.8) is 0 Å². The second-order valence-corrected chi connectivity index (χ2v) is 4.32. The molecule has 0 saturated heterocycles. The fourth-order valence-electron chi connectivity index (χ4n) is 1.55. The summed E-state index contributed by atoms with van der Waals surface area (Å²) in [6, 6.07) is 5.81. The van der Waals surface area contributed by atoms with E-state index in [2.05, 4.69) is 0 Å². The van der Waals surface area contributed by atoms with Crippen molar-refractivity contribution in [1.29, 1.82) is 0 Å². The maximum atomic E-state index is 12.9. The Bertz CT molecular complexity index is 448. The molecule has 0 fully saturated rings. The number of likely N-dealkylation sites (N-methyl/N-ethyl adjacent to an activating group) is 1. The molecular formula is C13H16FNO3. The van der Waals surface area contributed by atoms with Gasteiger partial charge in [0.05, 0.1) is 12.3 Å². The van der Waals surface area contributed by atoms with Gasteiger partial charge in [0.25, 0.3) is 0 Å². The Morgan fingerprint density at radius 3 is 2.67 bits per heavy atom. The lowest BCUT2D eigenvalue weighted by Gasteiger charge is -2.19. The van der Waals surface area contributed by atoms with Crippen LogP contribution in [0.5, 0.6) is 0 Å². The van der Waals surface area contributed by atoms with Crippen molar-refractivity contribution in [2.24, 2.45) is 5.92 Å². The molecule has 0 spiro atoms. The average Bonchev–Trinajstić information content (AvgIpc) is 2.28. The van der Waals surface area contributed by atoms with Crippen molar-refractivity contribution in [3.05, 3.63) is 35.6 Å². The third-order valence-electron chi connectivity index (χ3n) is 2.64. The lowest BCUT2D eigenvalue weighted by atomic mass is 10.1. The summed E-state index contributed by atoms with van der Waals surface area (Å²) in [4.78, 5) is 23.8. The van der Waals surface area contributed by atoms with E-state index >= 15 is 0 Å². The van der Waals surface area contributed by atoms with E-state index in [-0.39, 0.29) is 24.7 Å². The molecular weight excluding hydrogens is 237 g/mol. The number of amides is 1. The molecule has 1 atom stereocenters. The largest absolute Gasteiger partial charge is 0.481 e. The molecule has 0 aliphatic heterocycles. The van der Waals surface area contributed by atoms with Gasteiger partial charge in [-0.2, -0.15) is 0 Å². The minimum atomic E-state index is -0.944. The molecule has 0 aromatic heterocycles. The summed E-state index contributed by atoms with van der Waals surface area (Å²) in [6.45, 7) is 1.68. The molecule has 18 heavy (non-hydrogen) atoms. The highest BCUT2D eigenvalue weighted by atomic mass is 19.1. The second kappa shape index (κ2) is 6.14. The first kappa shape index (κ1) is 14.2. The van der Waals surface area contributed by atoms with Gasteiger partial charge in [-0.25, -0.2) is 4.39 Å². The fraction of sp³-hybridized carbons (Fsp3) is 0.385. The van der Waals surface area contributed by atoms with Gasteiger partial charge in [0.2, 0.25) is 5.91 Å². The maximum Gasteiger partial charge on any atom is 0.308 e. The van der Waals surface area contributed by atoms with Crippen LogP contribution in [0.4, 0.5) is 4.39 Å². The van der Waals surface area contributed by atoms with Crippen LogP contribution in [0.15, 0.2) is 24.3 Å². The molecule has 0 bridgehead atoms. The van der Waals surface area contributed by atoms with E-state index in [0.717, 1.165) is 0 Å². The number of aliphatic carboxylic acids is 1. The number of hydrogen-bond acceptors (Lipinski definition) is 2.